The number of carbonyl (C=O) groups is 2. The minimum absolute atomic E-state index is 0.0110. The minimum atomic E-state index is -0.314. The molecule has 5 nitrogen and oxygen atoms in total. The van der Waals surface area contributed by atoms with Crippen LogP contribution in [0, 0.1) is 18.7 Å². The van der Waals surface area contributed by atoms with Gasteiger partial charge < -0.3 is 14.8 Å². The highest BCUT2D eigenvalue weighted by molar-refractivity contribution is 5.98. The molecule has 178 valence electrons. The number of likely N-dealkylation sites (tertiary alicyclic amines) is 2. The van der Waals surface area contributed by atoms with Gasteiger partial charge in [0.2, 0.25) is 0 Å². The minimum Gasteiger partial charge on any atom is -0.351 e. The molecule has 0 aliphatic carbocycles. The van der Waals surface area contributed by atoms with Gasteiger partial charge in [-0.05, 0) is 94.1 Å². The van der Waals surface area contributed by atoms with E-state index in [9.17, 15) is 14.0 Å². The Morgan fingerprint density at radius 1 is 1.00 bits per heavy atom. The molecule has 0 radical (unpaired) electrons. The van der Waals surface area contributed by atoms with Gasteiger partial charge in [-0.15, -0.1) is 0 Å². The van der Waals surface area contributed by atoms with Gasteiger partial charge in [0.25, 0.3) is 5.91 Å². The van der Waals surface area contributed by atoms with E-state index < -0.39 is 0 Å². The number of aromatic amines is 1. The lowest BCUT2D eigenvalue weighted by molar-refractivity contribution is 0.0700. The van der Waals surface area contributed by atoms with E-state index >= 15 is 0 Å². The fourth-order valence-electron chi connectivity index (χ4n) is 5.51. The molecule has 2 fully saturated rings. The van der Waals surface area contributed by atoms with Gasteiger partial charge in [-0.1, -0.05) is 12.1 Å². The number of benzene rings is 2. The number of hydrogen-bond donors (Lipinski definition) is 1. The number of nitrogens with one attached hydrogen (secondary N) is 1. The number of H-pyrrole nitrogens is 1. The Bertz CT molecular complexity index is 1180. The molecule has 0 spiro atoms. The molecule has 0 unspecified atom stereocenters. The molecular weight excluding hydrogens is 429 g/mol. The van der Waals surface area contributed by atoms with Crippen molar-refractivity contribution in [2.75, 3.05) is 26.2 Å². The first-order valence-corrected chi connectivity index (χ1v) is 12.4. The summed E-state index contributed by atoms with van der Waals surface area (Å²) in [7, 11) is 0. The largest absolute Gasteiger partial charge is 0.351 e. The van der Waals surface area contributed by atoms with Crippen molar-refractivity contribution in [3.8, 4) is 0 Å². The molecule has 1 atom stereocenters. The van der Waals surface area contributed by atoms with Crippen LogP contribution in [0.1, 0.15) is 58.5 Å². The Kier molecular flexibility index (Phi) is 6.50. The molecule has 2 aliphatic heterocycles. The van der Waals surface area contributed by atoms with E-state index in [0.29, 0.717) is 11.3 Å². The van der Waals surface area contributed by atoms with Crippen molar-refractivity contribution in [1.82, 2.24) is 14.8 Å². The maximum atomic E-state index is 13.3. The first kappa shape index (κ1) is 22.8. The van der Waals surface area contributed by atoms with Crippen LogP contribution in [0.25, 0.3) is 10.9 Å². The summed E-state index contributed by atoms with van der Waals surface area (Å²) in [6.45, 7) is 5.59. The van der Waals surface area contributed by atoms with E-state index in [0.717, 1.165) is 69.2 Å². The fraction of sp³-hybridized carbons (Fsp3) is 0.429. The Morgan fingerprint density at radius 2 is 1.76 bits per heavy atom. The SMILES string of the molecule is Cc1ccc2cc(C(=O)N3CCC[C@@H]3CCN3CCC(C(=O)c4ccc(F)cc4)CC3)[nH]c2c1. The summed E-state index contributed by atoms with van der Waals surface area (Å²) in [6.07, 6.45) is 4.71. The van der Waals surface area contributed by atoms with E-state index in [1.54, 1.807) is 12.1 Å². The molecular formula is C28H32FN3O2. The number of piperidine rings is 1. The smallest absolute Gasteiger partial charge is 0.270 e. The molecule has 6 heteroatoms. The van der Waals surface area contributed by atoms with E-state index in [1.165, 1.54) is 17.7 Å². The van der Waals surface area contributed by atoms with Gasteiger partial charge in [-0.3, -0.25) is 9.59 Å². The van der Waals surface area contributed by atoms with Crippen LogP contribution in [-0.4, -0.2) is 58.7 Å². The number of rotatable bonds is 6. The summed E-state index contributed by atoms with van der Waals surface area (Å²) in [6, 6.07) is 14.3. The van der Waals surface area contributed by atoms with Crippen molar-refractivity contribution < 1.29 is 14.0 Å². The summed E-state index contributed by atoms with van der Waals surface area (Å²) in [5.41, 5.74) is 3.47. The lowest BCUT2D eigenvalue weighted by Crippen LogP contribution is -2.41. The molecule has 3 aromatic rings. The third kappa shape index (κ3) is 4.78. The van der Waals surface area contributed by atoms with Crippen molar-refractivity contribution in [2.45, 2.75) is 45.1 Å². The van der Waals surface area contributed by atoms with Crippen molar-refractivity contribution in [3.63, 3.8) is 0 Å². The lowest BCUT2D eigenvalue weighted by Gasteiger charge is -2.33. The molecule has 1 N–H and O–H groups in total. The molecule has 2 aliphatic rings. The normalized spacial score (nSPS) is 19.7. The standard InChI is InChI=1S/C28H32FN3O2/c1-19-4-5-22-18-26(30-25(22)17-19)28(34)32-13-2-3-24(32)12-16-31-14-10-21(11-15-31)27(33)20-6-8-23(29)9-7-20/h4-9,17-18,21,24,30H,2-3,10-16H2,1H3/t24-/m1/s1. The number of ketones is 1. The number of fused-ring (bicyclic) bond motifs is 1. The Labute approximate surface area is 199 Å². The summed E-state index contributed by atoms with van der Waals surface area (Å²) in [5.74, 6) is -0.0805. The second-order valence-corrected chi connectivity index (χ2v) is 9.84. The second-order valence-electron chi connectivity index (χ2n) is 9.84. The van der Waals surface area contributed by atoms with Crippen molar-refractivity contribution in [3.05, 3.63) is 71.2 Å². The molecule has 34 heavy (non-hydrogen) atoms. The van der Waals surface area contributed by atoms with Crippen LogP contribution < -0.4 is 0 Å². The Hall–Kier alpha value is -2.99. The number of aryl methyl sites for hydroxylation is 1. The number of aromatic nitrogens is 1. The summed E-state index contributed by atoms with van der Waals surface area (Å²) in [5, 5.41) is 1.07. The van der Waals surface area contributed by atoms with Crippen LogP contribution in [0.15, 0.2) is 48.5 Å². The fourth-order valence-corrected chi connectivity index (χ4v) is 5.51. The number of Topliss-reactive ketones (excluding diaryl/α,β-unsaturated/α-hetero) is 1. The highest BCUT2D eigenvalue weighted by atomic mass is 19.1. The third-order valence-corrected chi connectivity index (χ3v) is 7.51. The van der Waals surface area contributed by atoms with Crippen LogP contribution >= 0.6 is 0 Å². The first-order valence-electron chi connectivity index (χ1n) is 12.4. The highest BCUT2D eigenvalue weighted by Gasteiger charge is 2.31. The Balaban J connectivity index is 1.14. The van der Waals surface area contributed by atoms with Crippen LogP contribution in [-0.2, 0) is 0 Å². The van der Waals surface area contributed by atoms with E-state index in [2.05, 4.69) is 35.0 Å². The van der Waals surface area contributed by atoms with Gasteiger partial charge in [0.05, 0.1) is 0 Å². The van der Waals surface area contributed by atoms with Gasteiger partial charge in [0.1, 0.15) is 11.5 Å². The molecule has 0 bridgehead atoms. The van der Waals surface area contributed by atoms with Gasteiger partial charge >= 0.3 is 0 Å². The molecule has 0 saturated carbocycles. The quantitative estimate of drug-likeness (QED) is 0.513. The zero-order valence-electron chi connectivity index (χ0n) is 19.7. The van der Waals surface area contributed by atoms with Gasteiger partial charge in [0, 0.05) is 41.5 Å². The average molecular weight is 462 g/mol. The van der Waals surface area contributed by atoms with Crippen LogP contribution in [0.3, 0.4) is 0 Å². The van der Waals surface area contributed by atoms with Gasteiger partial charge in [-0.25, -0.2) is 4.39 Å². The number of hydrogen-bond acceptors (Lipinski definition) is 3. The molecule has 2 saturated heterocycles. The maximum absolute atomic E-state index is 13.3. The van der Waals surface area contributed by atoms with Gasteiger partial charge in [0.15, 0.2) is 5.78 Å². The second kappa shape index (κ2) is 9.71. The van der Waals surface area contributed by atoms with Crippen molar-refractivity contribution in [2.24, 2.45) is 5.92 Å². The predicted octanol–water partition coefficient (Wildman–Crippen LogP) is 5.21. The van der Waals surface area contributed by atoms with E-state index in [-0.39, 0.29) is 29.5 Å². The predicted molar refractivity (Wildman–Crippen MR) is 132 cm³/mol. The molecule has 1 aromatic heterocycles. The molecule has 1 amide bonds. The highest BCUT2D eigenvalue weighted by Crippen LogP contribution is 2.27. The maximum Gasteiger partial charge on any atom is 0.270 e. The molecule has 5 rings (SSSR count). The Morgan fingerprint density at radius 3 is 2.53 bits per heavy atom. The number of halogens is 1. The summed E-state index contributed by atoms with van der Waals surface area (Å²) < 4.78 is 13.1. The summed E-state index contributed by atoms with van der Waals surface area (Å²) >= 11 is 0. The van der Waals surface area contributed by atoms with Crippen molar-refractivity contribution >= 4 is 22.6 Å². The van der Waals surface area contributed by atoms with E-state index in [4.69, 9.17) is 0 Å². The molecule has 2 aromatic carbocycles. The van der Waals surface area contributed by atoms with E-state index in [1.807, 2.05) is 11.0 Å². The van der Waals surface area contributed by atoms with Crippen LogP contribution in [0.5, 0.6) is 0 Å². The van der Waals surface area contributed by atoms with Gasteiger partial charge in [-0.2, -0.15) is 0 Å². The topological polar surface area (TPSA) is 56.4 Å². The zero-order valence-corrected chi connectivity index (χ0v) is 19.7. The first-order chi connectivity index (χ1) is 16.5. The van der Waals surface area contributed by atoms with Crippen molar-refractivity contribution in [1.29, 1.82) is 0 Å². The van der Waals surface area contributed by atoms with Crippen LogP contribution in [0.2, 0.25) is 0 Å². The lowest BCUT2D eigenvalue weighted by atomic mass is 9.88. The summed E-state index contributed by atoms with van der Waals surface area (Å²) in [4.78, 5) is 33.8. The van der Waals surface area contributed by atoms with Crippen LogP contribution in [0.4, 0.5) is 4.39 Å². The average Bonchev–Trinajstić information content (AvgIpc) is 3.49. The number of amides is 1. The monoisotopic (exact) mass is 461 g/mol. The number of nitrogens with zero attached hydrogens (tertiary/aromatic N) is 2. The number of carbonyl (C=O) groups excluding carboxylic acids is 2. The molecule has 3 heterocycles. The zero-order chi connectivity index (χ0) is 23.7. The third-order valence-electron chi connectivity index (χ3n) is 7.51.